The Hall–Kier alpha value is -0.940. The molecule has 0 aliphatic carbocycles. The Bertz CT molecular complexity index is 289. The summed E-state index contributed by atoms with van der Waals surface area (Å²) in [6.07, 6.45) is 3.56. The van der Waals surface area contributed by atoms with Crippen LogP contribution in [0.25, 0.3) is 0 Å². The average molecular weight is 227 g/mol. The maximum Gasteiger partial charge on any atom is 0.240 e. The van der Waals surface area contributed by atoms with E-state index in [-0.39, 0.29) is 6.61 Å². The molecule has 1 aromatic heterocycles. The third-order valence-electron chi connectivity index (χ3n) is 2.42. The molecule has 0 fully saturated rings. The molecule has 92 valence electrons. The van der Waals surface area contributed by atoms with Crippen LogP contribution >= 0.6 is 0 Å². The minimum atomic E-state index is 0.166. The Balaban J connectivity index is 2.37. The van der Waals surface area contributed by atoms with Crippen molar-refractivity contribution in [3.63, 3.8) is 0 Å². The first kappa shape index (κ1) is 13.1. The molecule has 0 aliphatic heterocycles. The van der Waals surface area contributed by atoms with Crippen molar-refractivity contribution in [2.75, 3.05) is 19.7 Å². The number of aliphatic hydroxyl groups is 1. The molecule has 1 aromatic rings. The lowest BCUT2D eigenvalue weighted by Gasteiger charge is -2.18. The van der Waals surface area contributed by atoms with Gasteiger partial charge in [-0.25, -0.2) is 0 Å². The first-order valence-corrected chi connectivity index (χ1v) is 5.88. The summed E-state index contributed by atoms with van der Waals surface area (Å²) < 4.78 is 5.06. The topological polar surface area (TPSA) is 62.4 Å². The molecule has 0 bridgehead atoms. The zero-order valence-electron chi connectivity index (χ0n) is 10.1. The number of aromatic nitrogens is 2. The molecule has 0 aliphatic rings. The molecular formula is C11H21N3O2. The molecular weight excluding hydrogens is 206 g/mol. The summed E-state index contributed by atoms with van der Waals surface area (Å²) in [5, 5.41) is 12.7. The molecule has 1 rings (SSSR count). The molecule has 0 spiro atoms. The van der Waals surface area contributed by atoms with Crippen LogP contribution in [0.4, 0.5) is 0 Å². The second-order valence-corrected chi connectivity index (χ2v) is 3.94. The Morgan fingerprint density at radius 1 is 1.31 bits per heavy atom. The van der Waals surface area contributed by atoms with Crippen LogP contribution in [0.15, 0.2) is 4.52 Å². The third-order valence-corrected chi connectivity index (χ3v) is 2.42. The van der Waals surface area contributed by atoms with E-state index in [9.17, 15) is 0 Å². The van der Waals surface area contributed by atoms with Crippen LogP contribution in [0.2, 0.25) is 0 Å². The highest BCUT2D eigenvalue weighted by atomic mass is 16.5. The van der Waals surface area contributed by atoms with E-state index >= 15 is 0 Å². The predicted molar refractivity (Wildman–Crippen MR) is 60.9 cm³/mol. The highest BCUT2D eigenvalue weighted by Crippen LogP contribution is 2.04. The predicted octanol–water partition coefficient (Wildman–Crippen LogP) is 1.36. The van der Waals surface area contributed by atoms with E-state index < -0.39 is 0 Å². The molecule has 0 saturated heterocycles. The van der Waals surface area contributed by atoms with Crippen molar-refractivity contribution in [1.29, 1.82) is 0 Å². The molecule has 0 unspecified atom stereocenters. The van der Waals surface area contributed by atoms with Crippen molar-refractivity contribution in [2.24, 2.45) is 0 Å². The van der Waals surface area contributed by atoms with Crippen LogP contribution in [0, 0.1) is 6.92 Å². The largest absolute Gasteiger partial charge is 0.395 e. The van der Waals surface area contributed by atoms with Gasteiger partial charge in [-0.1, -0.05) is 24.9 Å². The number of aliphatic hydroxyl groups excluding tert-OH is 1. The first-order valence-electron chi connectivity index (χ1n) is 5.88. The zero-order valence-corrected chi connectivity index (χ0v) is 10.1. The summed E-state index contributed by atoms with van der Waals surface area (Å²) in [4.78, 5) is 6.30. The Kier molecular flexibility index (Phi) is 6.03. The number of aryl methyl sites for hydroxylation is 1. The minimum absolute atomic E-state index is 0.166. The van der Waals surface area contributed by atoms with Gasteiger partial charge in [0.1, 0.15) is 0 Å². The smallest absolute Gasteiger partial charge is 0.240 e. The van der Waals surface area contributed by atoms with E-state index in [1.54, 1.807) is 6.92 Å². The monoisotopic (exact) mass is 227 g/mol. The van der Waals surface area contributed by atoms with Crippen LogP contribution in [0.1, 0.15) is 37.9 Å². The van der Waals surface area contributed by atoms with Crippen molar-refractivity contribution < 1.29 is 9.63 Å². The first-order chi connectivity index (χ1) is 7.76. The standard InChI is InChI=1S/C11H21N3O2/c1-3-4-5-6-14(7-8-15)9-11-12-10(2)13-16-11/h15H,3-9H2,1-2H3. The Labute approximate surface area is 96.5 Å². The fraction of sp³-hybridized carbons (Fsp3) is 0.818. The van der Waals surface area contributed by atoms with Gasteiger partial charge in [-0.2, -0.15) is 4.98 Å². The summed E-state index contributed by atoms with van der Waals surface area (Å²) in [6, 6.07) is 0. The lowest BCUT2D eigenvalue weighted by atomic mass is 10.2. The maximum absolute atomic E-state index is 8.97. The number of hydrogen-bond acceptors (Lipinski definition) is 5. The molecule has 0 amide bonds. The highest BCUT2D eigenvalue weighted by Gasteiger charge is 2.09. The molecule has 1 N–H and O–H groups in total. The number of unbranched alkanes of at least 4 members (excludes halogenated alkanes) is 2. The van der Waals surface area contributed by atoms with Gasteiger partial charge >= 0.3 is 0 Å². The quantitative estimate of drug-likeness (QED) is 0.679. The van der Waals surface area contributed by atoms with Crippen molar-refractivity contribution >= 4 is 0 Å². The van der Waals surface area contributed by atoms with E-state index in [1.165, 1.54) is 12.8 Å². The van der Waals surface area contributed by atoms with Crippen molar-refractivity contribution in [2.45, 2.75) is 39.7 Å². The maximum atomic E-state index is 8.97. The Morgan fingerprint density at radius 3 is 2.69 bits per heavy atom. The van der Waals surface area contributed by atoms with Gasteiger partial charge in [-0.3, -0.25) is 4.90 Å². The van der Waals surface area contributed by atoms with Gasteiger partial charge in [-0.05, 0) is 19.9 Å². The number of rotatable bonds is 8. The fourth-order valence-electron chi connectivity index (χ4n) is 1.59. The van der Waals surface area contributed by atoms with Crippen molar-refractivity contribution in [3.8, 4) is 0 Å². The zero-order chi connectivity index (χ0) is 11.8. The van der Waals surface area contributed by atoms with Crippen LogP contribution in [-0.4, -0.2) is 39.8 Å². The molecule has 0 radical (unpaired) electrons. The molecule has 0 atom stereocenters. The van der Waals surface area contributed by atoms with E-state index in [0.717, 1.165) is 13.0 Å². The summed E-state index contributed by atoms with van der Waals surface area (Å²) >= 11 is 0. The number of hydrogen-bond donors (Lipinski definition) is 1. The highest BCUT2D eigenvalue weighted by molar-refractivity contribution is 4.82. The molecule has 16 heavy (non-hydrogen) atoms. The lowest BCUT2D eigenvalue weighted by molar-refractivity contribution is 0.171. The van der Waals surface area contributed by atoms with Gasteiger partial charge in [0.2, 0.25) is 5.89 Å². The van der Waals surface area contributed by atoms with E-state index in [4.69, 9.17) is 9.63 Å². The molecule has 0 saturated carbocycles. The minimum Gasteiger partial charge on any atom is -0.395 e. The van der Waals surface area contributed by atoms with E-state index in [0.29, 0.717) is 24.8 Å². The SMILES string of the molecule is CCCCCN(CCO)Cc1nc(C)no1. The van der Waals surface area contributed by atoms with Crippen molar-refractivity contribution in [3.05, 3.63) is 11.7 Å². The van der Waals surface area contributed by atoms with Crippen LogP contribution in [0.3, 0.4) is 0 Å². The van der Waals surface area contributed by atoms with E-state index in [1.807, 2.05) is 0 Å². The van der Waals surface area contributed by atoms with Gasteiger partial charge in [0.25, 0.3) is 0 Å². The fourth-order valence-corrected chi connectivity index (χ4v) is 1.59. The lowest BCUT2D eigenvalue weighted by Crippen LogP contribution is -2.27. The third kappa shape index (κ3) is 4.72. The summed E-state index contributed by atoms with van der Waals surface area (Å²) in [6.45, 7) is 6.41. The van der Waals surface area contributed by atoms with Crippen LogP contribution < -0.4 is 0 Å². The molecule has 5 heteroatoms. The van der Waals surface area contributed by atoms with Crippen LogP contribution in [0.5, 0.6) is 0 Å². The second-order valence-electron chi connectivity index (χ2n) is 3.94. The van der Waals surface area contributed by atoms with Gasteiger partial charge < -0.3 is 9.63 Å². The van der Waals surface area contributed by atoms with E-state index in [2.05, 4.69) is 22.0 Å². The van der Waals surface area contributed by atoms with Crippen LogP contribution in [-0.2, 0) is 6.54 Å². The normalized spacial score (nSPS) is 11.2. The molecule has 5 nitrogen and oxygen atoms in total. The molecule has 0 aromatic carbocycles. The van der Waals surface area contributed by atoms with Gasteiger partial charge in [0, 0.05) is 6.54 Å². The van der Waals surface area contributed by atoms with Gasteiger partial charge in [0.05, 0.1) is 13.2 Å². The van der Waals surface area contributed by atoms with Gasteiger partial charge in [0.15, 0.2) is 5.82 Å². The number of nitrogens with zero attached hydrogens (tertiary/aromatic N) is 3. The van der Waals surface area contributed by atoms with Gasteiger partial charge in [-0.15, -0.1) is 0 Å². The summed E-state index contributed by atoms with van der Waals surface area (Å²) in [5.74, 6) is 1.29. The Morgan fingerprint density at radius 2 is 2.12 bits per heavy atom. The average Bonchev–Trinajstić information content (AvgIpc) is 2.65. The summed E-state index contributed by atoms with van der Waals surface area (Å²) in [5.41, 5.74) is 0. The van der Waals surface area contributed by atoms with Crippen molar-refractivity contribution in [1.82, 2.24) is 15.0 Å². The summed E-state index contributed by atoms with van der Waals surface area (Å²) in [7, 11) is 0. The molecule has 1 heterocycles. The second kappa shape index (κ2) is 7.35.